The van der Waals surface area contributed by atoms with E-state index in [0.717, 1.165) is 22.3 Å². The highest BCUT2D eigenvalue weighted by Gasteiger charge is 2.34. The summed E-state index contributed by atoms with van der Waals surface area (Å²) in [6.07, 6.45) is 0.988. The minimum Gasteiger partial charge on any atom is -0.480 e. The molecule has 4 rings (SSSR count). The average molecular weight is 438 g/mol. The number of aliphatic hydroxyl groups is 1. The van der Waals surface area contributed by atoms with Crippen molar-refractivity contribution in [2.24, 2.45) is 5.92 Å². The maximum atomic E-state index is 12.4. The lowest BCUT2D eigenvalue weighted by molar-refractivity contribution is -0.143. The van der Waals surface area contributed by atoms with Crippen LogP contribution in [-0.2, 0) is 14.3 Å². The number of carboxylic acids is 1. The summed E-state index contributed by atoms with van der Waals surface area (Å²) in [5.74, 6) is -2.15. The molecule has 0 heterocycles. The quantitative estimate of drug-likeness (QED) is 0.526. The lowest BCUT2D eigenvalue weighted by Crippen LogP contribution is -2.45. The number of carbonyl (C=O) groups is 3. The zero-order valence-corrected chi connectivity index (χ0v) is 17.5. The molecule has 3 atom stereocenters. The number of ether oxygens (including phenoxy) is 1. The number of rotatable bonds is 7. The normalized spacial score (nSPS) is 20.2. The molecule has 32 heavy (non-hydrogen) atoms. The van der Waals surface area contributed by atoms with Crippen LogP contribution in [0.2, 0.25) is 0 Å². The number of carbonyl (C=O) groups excluding carboxylic acids is 2. The first-order chi connectivity index (χ1) is 15.5. The lowest BCUT2D eigenvalue weighted by atomic mass is 9.98. The van der Waals surface area contributed by atoms with Gasteiger partial charge in [0.2, 0.25) is 5.91 Å². The number of hydrogen-bond donors (Lipinski definition) is 4. The van der Waals surface area contributed by atoms with Gasteiger partial charge in [-0.3, -0.25) is 4.79 Å². The summed E-state index contributed by atoms with van der Waals surface area (Å²) in [7, 11) is 0. The highest BCUT2D eigenvalue weighted by atomic mass is 16.5. The number of fused-ring (bicyclic) bond motifs is 3. The van der Waals surface area contributed by atoms with Crippen LogP contribution in [0.3, 0.4) is 0 Å². The summed E-state index contributed by atoms with van der Waals surface area (Å²) >= 11 is 0. The maximum absolute atomic E-state index is 12.4. The Hall–Kier alpha value is -3.39. The van der Waals surface area contributed by atoms with Gasteiger partial charge in [0.05, 0.1) is 6.61 Å². The van der Waals surface area contributed by atoms with Crippen LogP contribution < -0.4 is 10.6 Å². The molecule has 0 bridgehead atoms. The minimum absolute atomic E-state index is 0.0262. The Bertz CT molecular complexity index is 978. The monoisotopic (exact) mass is 438 g/mol. The van der Waals surface area contributed by atoms with Gasteiger partial charge in [0.1, 0.15) is 12.6 Å². The predicted octanol–water partition coefficient (Wildman–Crippen LogP) is 2.26. The summed E-state index contributed by atoms with van der Waals surface area (Å²) in [5.41, 5.74) is 4.58. The Balaban J connectivity index is 1.30. The molecule has 0 aliphatic heterocycles. The molecule has 0 aromatic heterocycles. The van der Waals surface area contributed by atoms with Crippen molar-refractivity contribution in [3.63, 3.8) is 0 Å². The van der Waals surface area contributed by atoms with Crippen LogP contribution in [0.4, 0.5) is 4.79 Å². The van der Waals surface area contributed by atoms with Crippen LogP contribution in [0.1, 0.15) is 36.3 Å². The Kier molecular flexibility index (Phi) is 6.41. The van der Waals surface area contributed by atoms with E-state index < -0.39 is 36.5 Å². The first-order valence-corrected chi connectivity index (χ1v) is 10.7. The van der Waals surface area contributed by atoms with Crippen molar-refractivity contribution in [3.8, 4) is 11.1 Å². The van der Waals surface area contributed by atoms with E-state index in [1.807, 2.05) is 24.3 Å². The molecule has 0 unspecified atom stereocenters. The van der Waals surface area contributed by atoms with Crippen molar-refractivity contribution in [2.75, 3.05) is 13.2 Å². The van der Waals surface area contributed by atoms with Gasteiger partial charge in [-0.05, 0) is 41.5 Å². The molecule has 4 N–H and O–H groups in total. The summed E-state index contributed by atoms with van der Waals surface area (Å²) in [6.45, 7) is -0.456. The van der Waals surface area contributed by atoms with Gasteiger partial charge in [0, 0.05) is 17.9 Å². The molecule has 2 aliphatic rings. The second-order valence-corrected chi connectivity index (χ2v) is 8.26. The number of benzene rings is 2. The van der Waals surface area contributed by atoms with E-state index in [1.54, 1.807) is 0 Å². The molecule has 2 aromatic rings. The second-order valence-electron chi connectivity index (χ2n) is 8.26. The molecule has 1 saturated carbocycles. The highest BCUT2D eigenvalue weighted by Crippen LogP contribution is 2.44. The maximum Gasteiger partial charge on any atom is 0.407 e. The van der Waals surface area contributed by atoms with Gasteiger partial charge in [0.25, 0.3) is 0 Å². The number of aliphatic carboxylic acids is 1. The Morgan fingerprint density at radius 3 is 2.22 bits per heavy atom. The SMILES string of the molecule is O=C(N[C@@H]1CC[C@H](C(=O)N[C@H](CO)C(=O)O)C1)OCC1c2ccccc2-c2ccccc21. The van der Waals surface area contributed by atoms with Gasteiger partial charge in [-0.1, -0.05) is 48.5 Å². The Labute approximate surface area is 185 Å². The summed E-state index contributed by atoms with van der Waals surface area (Å²) in [5, 5.41) is 23.2. The van der Waals surface area contributed by atoms with Crippen molar-refractivity contribution < 1.29 is 29.3 Å². The number of hydrogen-bond acceptors (Lipinski definition) is 5. The van der Waals surface area contributed by atoms with E-state index in [0.29, 0.717) is 19.3 Å². The second kappa shape index (κ2) is 9.40. The molecule has 2 aliphatic carbocycles. The zero-order chi connectivity index (χ0) is 22.7. The van der Waals surface area contributed by atoms with E-state index in [9.17, 15) is 14.4 Å². The number of amides is 2. The van der Waals surface area contributed by atoms with E-state index in [1.165, 1.54) is 0 Å². The molecule has 1 fully saturated rings. The molecule has 8 heteroatoms. The number of carboxylic acid groups (broad SMARTS) is 1. The molecular formula is C24H26N2O6. The van der Waals surface area contributed by atoms with Gasteiger partial charge in [-0.25, -0.2) is 9.59 Å². The van der Waals surface area contributed by atoms with Crippen molar-refractivity contribution >= 4 is 18.0 Å². The molecule has 168 valence electrons. The van der Waals surface area contributed by atoms with Crippen LogP contribution in [0, 0.1) is 5.92 Å². The van der Waals surface area contributed by atoms with Crippen LogP contribution in [0.15, 0.2) is 48.5 Å². The number of alkyl carbamates (subject to hydrolysis) is 1. The van der Waals surface area contributed by atoms with Gasteiger partial charge < -0.3 is 25.6 Å². The zero-order valence-electron chi connectivity index (χ0n) is 17.5. The fourth-order valence-electron chi connectivity index (χ4n) is 4.63. The summed E-state index contributed by atoms with van der Waals surface area (Å²) in [6, 6.07) is 14.7. The Morgan fingerprint density at radius 1 is 1.00 bits per heavy atom. The van der Waals surface area contributed by atoms with Crippen molar-refractivity contribution in [1.82, 2.24) is 10.6 Å². The molecule has 0 spiro atoms. The minimum atomic E-state index is -1.32. The van der Waals surface area contributed by atoms with E-state index in [-0.39, 0.29) is 18.6 Å². The largest absolute Gasteiger partial charge is 0.480 e. The fourth-order valence-corrected chi connectivity index (χ4v) is 4.63. The van der Waals surface area contributed by atoms with Gasteiger partial charge >= 0.3 is 12.1 Å². The third kappa shape index (κ3) is 4.45. The topological polar surface area (TPSA) is 125 Å². The average Bonchev–Trinajstić information content (AvgIpc) is 3.38. The van der Waals surface area contributed by atoms with Crippen molar-refractivity contribution in [2.45, 2.75) is 37.3 Å². The fraction of sp³-hybridized carbons (Fsp3) is 0.375. The smallest absolute Gasteiger partial charge is 0.407 e. The third-order valence-electron chi connectivity index (χ3n) is 6.27. The van der Waals surface area contributed by atoms with Gasteiger partial charge in [0.15, 0.2) is 0 Å². The van der Waals surface area contributed by atoms with Crippen LogP contribution in [-0.4, -0.2) is 53.5 Å². The van der Waals surface area contributed by atoms with Crippen molar-refractivity contribution in [1.29, 1.82) is 0 Å². The third-order valence-corrected chi connectivity index (χ3v) is 6.27. The number of aliphatic hydroxyl groups excluding tert-OH is 1. The van der Waals surface area contributed by atoms with Crippen LogP contribution >= 0.6 is 0 Å². The van der Waals surface area contributed by atoms with Crippen molar-refractivity contribution in [3.05, 3.63) is 59.7 Å². The molecule has 0 radical (unpaired) electrons. The van der Waals surface area contributed by atoms with E-state index >= 15 is 0 Å². The molecular weight excluding hydrogens is 412 g/mol. The summed E-state index contributed by atoms with van der Waals surface area (Å²) < 4.78 is 5.55. The van der Waals surface area contributed by atoms with Crippen LogP contribution in [0.5, 0.6) is 0 Å². The first kappa shape index (κ1) is 21.8. The van der Waals surface area contributed by atoms with Gasteiger partial charge in [-0.2, -0.15) is 0 Å². The first-order valence-electron chi connectivity index (χ1n) is 10.7. The summed E-state index contributed by atoms with van der Waals surface area (Å²) in [4.78, 5) is 35.7. The standard InChI is InChI=1S/C24H26N2O6/c27-12-21(23(29)30)26-22(28)14-9-10-15(11-14)25-24(31)32-13-20-18-7-3-1-5-16(18)17-6-2-4-8-19(17)20/h1-8,14-15,20-21,27H,9-13H2,(H,25,31)(H,26,28)(H,29,30)/t14-,15+,21+/m0/s1. The number of nitrogens with one attached hydrogen (secondary N) is 2. The highest BCUT2D eigenvalue weighted by molar-refractivity contribution is 5.85. The molecule has 0 saturated heterocycles. The van der Waals surface area contributed by atoms with Gasteiger partial charge in [-0.15, -0.1) is 0 Å². The lowest BCUT2D eigenvalue weighted by Gasteiger charge is -2.17. The Morgan fingerprint density at radius 2 is 1.62 bits per heavy atom. The molecule has 2 amide bonds. The van der Waals surface area contributed by atoms with Crippen LogP contribution in [0.25, 0.3) is 11.1 Å². The molecule has 8 nitrogen and oxygen atoms in total. The van der Waals surface area contributed by atoms with E-state index in [2.05, 4.69) is 34.9 Å². The van der Waals surface area contributed by atoms with E-state index in [4.69, 9.17) is 14.9 Å². The molecule has 2 aromatic carbocycles. The predicted molar refractivity (Wildman–Crippen MR) is 116 cm³/mol.